The first-order chi connectivity index (χ1) is 13.9. The molecule has 1 amide bonds. The highest BCUT2D eigenvalue weighted by atomic mass is 19.3. The minimum Gasteiger partial charge on any atom is -0.493 e. The normalized spacial score (nSPS) is 21.4. The lowest BCUT2D eigenvalue weighted by molar-refractivity contribution is -0.129. The Kier molecular flexibility index (Phi) is 4.86. The van der Waals surface area contributed by atoms with Gasteiger partial charge in [-0.05, 0) is 54.2 Å². The smallest absolute Gasteiger partial charge is 0.387 e. The maximum atomic E-state index is 13.2. The number of hydrogen-bond acceptors (Lipinski definition) is 5. The first kappa shape index (κ1) is 19.2. The van der Waals surface area contributed by atoms with E-state index in [0.717, 1.165) is 0 Å². The number of benzene rings is 2. The largest absolute Gasteiger partial charge is 0.493 e. The van der Waals surface area contributed by atoms with Crippen LogP contribution in [0.1, 0.15) is 24.0 Å². The molecule has 0 bridgehead atoms. The van der Waals surface area contributed by atoms with Crippen LogP contribution in [0.3, 0.4) is 0 Å². The summed E-state index contributed by atoms with van der Waals surface area (Å²) in [7, 11) is 1.55. The van der Waals surface area contributed by atoms with Gasteiger partial charge in [-0.25, -0.2) is 4.99 Å². The number of carbonyl (C=O) groups is 1. The Labute approximate surface area is 166 Å². The van der Waals surface area contributed by atoms with E-state index >= 15 is 0 Å². The van der Waals surface area contributed by atoms with Crippen LogP contribution >= 0.6 is 0 Å². The molecule has 0 aromatic heterocycles. The Morgan fingerprint density at radius 1 is 1.17 bits per heavy atom. The van der Waals surface area contributed by atoms with E-state index < -0.39 is 12.2 Å². The molecule has 1 saturated carbocycles. The van der Waals surface area contributed by atoms with E-state index in [0.29, 0.717) is 29.4 Å². The molecule has 0 saturated heterocycles. The van der Waals surface area contributed by atoms with E-state index in [4.69, 9.17) is 10.5 Å². The summed E-state index contributed by atoms with van der Waals surface area (Å²) in [6, 6.07) is 13.0. The second-order valence-electron chi connectivity index (χ2n) is 7.23. The molecule has 1 aliphatic heterocycles. The molecule has 2 aliphatic rings. The summed E-state index contributed by atoms with van der Waals surface area (Å²) in [5.74, 6) is 0.964. The molecule has 2 N–H and O–H groups in total. The zero-order chi connectivity index (χ0) is 20.6. The lowest BCUT2D eigenvalue weighted by Crippen LogP contribution is -2.41. The standard InChI is InChI=1S/C21H21F2N3O3/c1-26-18(27)21(25-20(26)24,14-7-9-16(10-8-14)29-19(22)23)15-3-2-4-17(11-15)28-12-13-5-6-13/h2-4,7-11,13,19H,5-6,12H2,1H3,(H2,24,25). The van der Waals surface area contributed by atoms with Crippen molar-refractivity contribution in [3.63, 3.8) is 0 Å². The summed E-state index contributed by atoms with van der Waals surface area (Å²) >= 11 is 0. The highest BCUT2D eigenvalue weighted by Gasteiger charge is 2.49. The van der Waals surface area contributed by atoms with E-state index in [9.17, 15) is 13.6 Å². The van der Waals surface area contributed by atoms with Crippen LogP contribution in [0, 0.1) is 5.92 Å². The maximum absolute atomic E-state index is 13.2. The zero-order valence-corrected chi connectivity index (χ0v) is 15.8. The molecule has 1 aliphatic carbocycles. The molecular formula is C21H21F2N3O3. The second-order valence-corrected chi connectivity index (χ2v) is 7.23. The predicted molar refractivity (Wildman–Crippen MR) is 103 cm³/mol. The average molecular weight is 401 g/mol. The fourth-order valence-corrected chi connectivity index (χ4v) is 3.37. The van der Waals surface area contributed by atoms with Crippen molar-refractivity contribution in [3.8, 4) is 11.5 Å². The lowest BCUT2D eigenvalue weighted by atomic mass is 9.82. The predicted octanol–water partition coefficient (Wildman–Crippen LogP) is 3.11. The molecule has 1 unspecified atom stereocenters. The summed E-state index contributed by atoms with van der Waals surface area (Å²) in [4.78, 5) is 19.0. The fourth-order valence-electron chi connectivity index (χ4n) is 3.37. The van der Waals surface area contributed by atoms with Crippen molar-refractivity contribution in [1.82, 2.24) is 4.90 Å². The molecule has 0 spiro atoms. The topological polar surface area (TPSA) is 77.2 Å². The Morgan fingerprint density at radius 2 is 1.90 bits per heavy atom. The van der Waals surface area contributed by atoms with Crippen molar-refractivity contribution >= 4 is 11.9 Å². The lowest BCUT2D eigenvalue weighted by Gasteiger charge is -2.26. The minimum atomic E-state index is -2.93. The Bertz CT molecular complexity index is 944. The van der Waals surface area contributed by atoms with Crippen LogP contribution in [0.5, 0.6) is 11.5 Å². The molecule has 29 heavy (non-hydrogen) atoms. The van der Waals surface area contributed by atoms with Gasteiger partial charge in [0.1, 0.15) is 11.5 Å². The van der Waals surface area contributed by atoms with Crippen LogP contribution in [-0.2, 0) is 10.3 Å². The van der Waals surface area contributed by atoms with Crippen LogP contribution < -0.4 is 15.2 Å². The second kappa shape index (κ2) is 7.35. The van der Waals surface area contributed by atoms with Gasteiger partial charge in [0.15, 0.2) is 11.5 Å². The number of carbonyl (C=O) groups excluding carboxylic acids is 1. The van der Waals surface area contributed by atoms with Crippen molar-refractivity contribution in [2.24, 2.45) is 16.6 Å². The molecule has 1 fully saturated rings. The highest BCUT2D eigenvalue weighted by molar-refractivity contribution is 6.08. The zero-order valence-electron chi connectivity index (χ0n) is 15.8. The summed E-state index contributed by atoms with van der Waals surface area (Å²) < 4.78 is 35.2. The van der Waals surface area contributed by atoms with Crippen LogP contribution in [0.2, 0.25) is 0 Å². The fraction of sp³-hybridized carbons (Fsp3) is 0.333. The molecule has 2 aromatic carbocycles. The first-order valence-corrected chi connectivity index (χ1v) is 9.32. The van der Waals surface area contributed by atoms with Gasteiger partial charge in [-0.15, -0.1) is 0 Å². The highest BCUT2D eigenvalue weighted by Crippen LogP contribution is 2.41. The number of likely N-dealkylation sites (N-methyl/N-ethyl adjacent to an activating group) is 1. The van der Waals surface area contributed by atoms with E-state index in [1.807, 2.05) is 6.07 Å². The number of aliphatic imine (C=N–C) groups is 1. The molecule has 4 rings (SSSR count). The summed E-state index contributed by atoms with van der Waals surface area (Å²) in [6.07, 6.45) is 2.33. The number of rotatable bonds is 7. The Morgan fingerprint density at radius 3 is 2.48 bits per heavy atom. The number of amides is 1. The number of ether oxygens (including phenoxy) is 2. The van der Waals surface area contributed by atoms with Crippen LogP contribution in [0.15, 0.2) is 53.5 Å². The van der Waals surface area contributed by atoms with Crippen molar-refractivity contribution in [2.45, 2.75) is 25.0 Å². The number of hydrogen-bond donors (Lipinski definition) is 1. The third-order valence-corrected chi connectivity index (χ3v) is 5.17. The van der Waals surface area contributed by atoms with Gasteiger partial charge in [-0.2, -0.15) is 8.78 Å². The van der Waals surface area contributed by atoms with Gasteiger partial charge >= 0.3 is 6.61 Å². The molecule has 6 nitrogen and oxygen atoms in total. The van der Waals surface area contributed by atoms with Gasteiger partial charge < -0.3 is 15.2 Å². The van der Waals surface area contributed by atoms with Crippen molar-refractivity contribution in [1.29, 1.82) is 0 Å². The van der Waals surface area contributed by atoms with E-state index in [1.54, 1.807) is 37.4 Å². The number of alkyl halides is 2. The number of nitrogens with zero attached hydrogens (tertiary/aromatic N) is 2. The summed E-state index contributed by atoms with van der Waals surface area (Å²) in [6.45, 7) is -2.29. The molecule has 2 aromatic rings. The van der Waals surface area contributed by atoms with Crippen LogP contribution in [0.4, 0.5) is 8.78 Å². The quantitative estimate of drug-likeness (QED) is 0.774. The summed E-state index contributed by atoms with van der Waals surface area (Å²) in [5, 5.41) is 0. The van der Waals surface area contributed by atoms with Gasteiger partial charge in [0.25, 0.3) is 5.91 Å². The molecule has 1 heterocycles. The van der Waals surface area contributed by atoms with Gasteiger partial charge in [-0.3, -0.25) is 9.69 Å². The third kappa shape index (κ3) is 3.62. The molecule has 1 atom stereocenters. The van der Waals surface area contributed by atoms with Gasteiger partial charge in [-0.1, -0.05) is 24.3 Å². The minimum absolute atomic E-state index is 0.00355. The van der Waals surface area contributed by atoms with Crippen molar-refractivity contribution < 1.29 is 23.0 Å². The molecular weight excluding hydrogens is 380 g/mol. The number of halogens is 2. The number of guanidine groups is 1. The van der Waals surface area contributed by atoms with Crippen LogP contribution in [-0.4, -0.2) is 37.0 Å². The van der Waals surface area contributed by atoms with E-state index in [1.165, 1.54) is 29.9 Å². The monoisotopic (exact) mass is 401 g/mol. The van der Waals surface area contributed by atoms with E-state index in [2.05, 4.69) is 9.73 Å². The molecule has 0 radical (unpaired) electrons. The molecule has 152 valence electrons. The third-order valence-electron chi connectivity index (χ3n) is 5.17. The van der Waals surface area contributed by atoms with Crippen molar-refractivity contribution in [3.05, 3.63) is 59.7 Å². The Hall–Kier alpha value is -3.16. The SMILES string of the molecule is CN1C(=O)C(c2ccc(OC(F)F)cc2)(c2cccc(OCC3CC3)c2)N=C1N. The first-order valence-electron chi connectivity index (χ1n) is 9.32. The van der Waals surface area contributed by atoms with Crippen molar-refractivity contribution in [2.75, 3.05) is 13.7 Å². The Balaban J connectivity index is 1.74. The van der Waals surface area contributed by atoms with Gasteiger partial charge in [0.05, 0.1) is 6.61 Å². The van der Waals surface area contributed by atoms with E-state index in [-0.39, 0.29) is 17.6 Å². The maximum Gasteiger partial charge on any atom is 0.387 e. The van der Waals surface area contributed by atoms with Gasteiger partial charge in [0.2, 0.25) is 0 Å². The summed E-state index contributed by atoms with van der Waals surface area (Å²) in [5.41, 5.74) is 5.63. The average Bonchev–Trinajstić information content (AvgIpc) is 3.51. The number of nitrogens with two attached hydrogens (primary N) is 1. The molecule has 8 heteroatoms. The van der Waals surface area contributed by atoms with Crippen LogP contribution in [0.25, 0.3) is 0 Å². The van der Waals surface area contributed by atoms with Gasteiger partial charge in [0, 0.05) is 7.05 Å².